The fraction of sp³-hybridized carbons (Fsp3) is 0. The van der Waals surface area contributed by atoms with Crippen LogP contribution in [0.25, 0.3) is 0 Å². The summed E-state index contributed by atoms with van der Waals surface area (Å²) < 4.78 is 1.27. The summed E-state index contributed by atoms with van der Waals surface area (Å²) in [5.41, 5.74) is 0.331. The number of rotatable bonds is 0. The molecule has 0 saturated carbocycles. The summed E-state index contributed by atoms with van der Waals surface area (Å²) in [6.07, 6.45) is 2.57. The van der Waals surface area contributed by atoms with Gasteiger partial charge in [-0.15, -0.1) is 0 Å². The summed E-state index contributed by atoms with van der Waals surface area (Å²) in [6.45, 7) is 0. The number of hydrogen-bond donors (Lipinski definition) is 0. The molecular weight excluding hydrogens is 144 g/mol. The van der Waals surface area contributed by atoms with Crippen molar-refractivity contribution in [1.29, 1.82) is 0 Å². The Balaban J connectivity index is 2.68. The molecule has 0 aliphatic carbocycles. The van der Waals surface area contributed by atoms with Gasteiger partial charge < -0.3 is 0 Å². The lowest BCUT2D eigenvalue weighted by molar-refractivity contribution is 0.0927. The van der Waals surface area contributed by atoms with E-state index in [1.165, 1.54) is 4.57 Å². The zero-order valence-corrected chi connectivity index (χ0v) is 5.52. The second-order valence-electron chi connectivity index (χ2n) is 2.17. The lowest BCUT2D eigenvalue weighted by atomic mass is 10.4. The van der Waals surface area contributed by atoms with E-state index in [1.807, 2.05) is 0 Å². The monoisotopic (exact) mass is 148 g/mol. The van der Waals surface area contributed by atoms with Crippen LogP contribution in [0.4, 0.5) is 0 Å². The summed E-state index contributed by atoms with van der Waals surface area (Å²) >= 11 is 0. The van der Waals surface area contributed by atoms with Crippen LogP contribution < -0.4 is 0 Å². The topological polar surface area (TPSA) is 51.4 Å². The maximum absolute atomic E-state index is 11.0. The number of nitrogens with zero attached hydrogens (tertiary/aromatic N) is 2. The summed E-state index contributed by atoms with van der Waals surface area (Å²) in [4.78, 5) is 25.3. The molecule has 4 nitrogen and oxygen atoms in total. The highest BCUT2D eigenvalue weighted by Crippen LogP contribution is 2.06. The predicted molar refractivity (Wildman–Crippen MR) is 37.9 cm³/mol. The van der Waals surface area contributed by atoms with E-state index in [1.54, 1.807) is 18.3 Å². The maximum Gasteiger partial charge on any atom is 0.294 e. The van der Waals surface area contributed by atoms with Gasteiger partial charge in [-0.1, -0.05) is 0 Å². The van der Waals surface area contributed by atoms with Gasteiger partial charge in [-0.2, -0.15) is 0 Å². The van der Waals surface area contributed by atoms with Crippen LogP contribution in [-0.4, -0.2) is 22.6 Å². The van der Waals surface area contributed by atoms with E-state index in [4.69, 9.17) is 0 Å². The first-order valence-electron chi connectivity index (χ1n) is 3.09. The van der Waals surface area contributed by atoms with Crippen LogP contribution in [0.5, 0.6) is 0 Å². The quantitative estimate of drug-likeness (QED) is 0.533. The van der Waals surface area contributed by atoms with Crippen LogP contribution in [0.1, 0.15) is 15.3 Å². The van der Waals surface area contributed by atoms with Crippen molar-refractivity contribution in [2.45, 2.75) is 0 Å². The van der Waals surface area contributed by atoms with Gasteiger partial charge in [-0.25, -0.2) is 4.99 Å². The van der Waals surface area contributed by atoms with Crippen molar-refractivity contribution in [2.75, 3.05) is 0 Å². The first kappa shape index (κ1) is 6.03. The number of carbonyl (C=O) groups excluding carboxylic acids is 2. The number of aliphatic imine (C=N–C) groups is 1. The van der Waals surface area contributed by atoms with Gasteiger partial charge in [0.25, 0.3) is 11.8 Å². The first-order chi connectivity index (χ1) is 5.29. The highest BCUT2D eigenvalue weighted by atomic mass is 16.2. The summed E-state index contributed by atoms with van der Waals surface area (Å²) in [6, 6.07) is 3.20. The molecule has 2 heterocycles. The third-order valence-corrected chi connectivity index (χ3v) is 1.50. The van der Waals surface area contributed by atoms with E-state index < -0.39 is 0 Å². The molecule has 0 saturated heterocycles. The molecule has 11 heavy (non-hydrogen) atoms. The molecule has 1 aliphatic rings. The molecule has 1 amide bonds. The third kappa shape index (κ3) is 0.724. The van der Waals surface area contributed by atoms with Gasteiger partial charge in [-0.05, 0) is 12.1 Å². The van der Waals surface area contributed by atoms with E-state index in [2.05, 4.69) is 4.99 Å². The fourth-order valence-corrected chi connectivity index (χ4v) is 0.990. The summed E-state index contributed by atoms with van der Waals surface area (Å²) in [5, 5.41) is 0. The molecule has 1 aliphatic heterocycles. The van der Waals surface area contributed by atoms with Crippen LogP contribution in [0.2, 0.25) is 0 Å². The number of carbonyl (C=O) groups is 2. The molecular formula is C7H4N2O2. The highest BCUT2D eigenvalue weighted by molar-refractivity contribution is 6.32. The summed E-state index contributed by atoms with van der Waals surface area (Å²) in [7, 11) is 0. The van der Waals surface area contributed by atoms with Crippen molar-refractivity contribution in [1.82, 2.24) is 4.57 Å². The molecule has 0 fully saturated rings. The van der Waals surface area contributed by atoms with Gasteiger partial charge in [0, 0.05) is 6.20 Å². The Morgan fingerprint density at radius 2 is 2.18 bits per heavy atom. The van der Waals surface area contributed by atoms with Crippen LogP contribution in [0, 0.1) is 0 Å². The Bertz CT molecular complexity index is 330. The lowest BCUT2D eigenvalue weighted by Crippen LogP contribution is -2.21. The zero-order chi connectivity index (χ0) is 7.84. The van der Waals surface area contributed by atoms with Gasteiger partial charge in [-0.3, -0.25) is 14.2 Å². The van der Waals surface area contributed by atoms with Crippen molar-refractivity contribution >= 4 is 18.0 Å². The number of amides is 1. The number of fused-ring (bicyclic) bond motifs is 1. The van der Waals surface area contributed by atoms with Crippen LogP contribution >= 0.6 is 0 Å². The number of hydrogen-bond acceptors (Lipinski definition) is 2. The number of aromatic nitrogens is 1. The van der Waals surface area contributed by atoms with Gasteiger partial charge >= 0.3 is 0 Å². The van der Waals surface area contributed by atoms with Crippen LogP contribution in [-0.2, 0) is 0 Å². The second-order valence-corrected chi connectivity index (χ2v) is 2.17. The van der Waals surface area contributed by atoms with Crippen molar-refractivity contribution in [2.24, 2.45) is 4.99 Å². The molecule has 0 N–H and O–H groups in total. The van der Waals surface area contributed by atoms with Gasteiger partial charge in [0.1, 0.15) is 5.69 Å². The molecule has 0 spiro atoms. The highest BCUT2D eigenvalue weighted by Gasteiger charge is 2.17. The average molecular weight is 148 g/mol. The minimum Gasteiger partial charge on any atom is -0.277 e. The molecule has 0 unspecified atom stereocenters. The Hall–Kier alpha value is -1.71. The van der Waals surface area contributed by atoms with E-state index >= 15 is 0 Å². The zero-order valence-electron chi connectivity index (χ0n) is 5.52. The van der Waals surface area contributed by atoms with Gasteiger partial charge in [0.15, 0.2) is 0 Å². The predicted octanol–water partition coefficient (Wildman–Crippen LogP) is 0.353. The largest absolute Gasteiger partial charge is 0.294 e. The fourth-order valence-electron chi connectivity index (χ4n) is 0.990. The van der Waals surface area contributed by atoms with Crippen molar-refractivity contribution < 1.29 is 9.59 Å². The normalized spacial score (nSPS) is 15.3. The minimum absolute atomic E-state index is 0.274. The molecule has 0 bridgehead atoms. The smallest absolute Gasteiger partial charge is 0.277 e. The molecule has 2 rings (SSSR count). The molecule has 1 aromatic rings. The van der Waals surface area contributed by atoms with E-state index in [0.29, 0.717) is 5.69 Å². The van der Waals surface area contributed by atoms with Crippen LogP contribution in [0.3, 0.4) is 0 Å². The molecule has 1 aromatic heterocycles. The van der Waals surface area contributed by atoms with E-state index in [0.717, 1.165) is 6.21 Å². The molecule has 0 atom stereocenters. The second kappa shape index (κ2) is 1.88. The van der Waals surface area contributed by atoms with E-state index in [-0.39, 0.29) is 11.8 Å². The molecule has 54 valence electrons. The van der Waals surface area contributed by atoms with Gasteiger partial charge in [0.05, 0.1) is 6.21 Å². The van der Waals surface area contributed by atoms with Gasteiger partial charge in [0.2, 0.25) is 0 Å². The van der Waals surface area contributed by atoms with Crippen molar-refractivity contribution in [3.8, 4) is 0 Å². The third-order valence-electron chi connectivity index (χ3n) is 1.50. The van der Waals surface area contributed by atoms with E-state index in [9.17, 15) is 9.59 Å². The van der Waals surface area contributed by atoms with Crippen molar-refractivity contribution in [3.05, 3.63) is 24.0 Å². The first-order valence-corrected chi connectivity index (χ1v) is 3.09. The van der Waals surface area contributed by atoms with Crippen molar-refractivity contribution in [3.63, 3.8) is 0 Å². The SMILES string of the molecule is O=C1N=CC(=O)n2cccc21. The Labute approximate surface area is 62.2 Å². The summed E-state index contributed by atoms with van der Waals surface area (Å²) in [5.74, 6) is -0.640. The molecule has 4 heteroatoms. The molecule has 0 radical (unpaired) electrons. The average Bonchev–Trinajstić information content (AvgIpc) is 2.45. The Kier molecular flexibility index (Phi) is 1.03. The maximum atomic E-state index is 11.0. The lowest BCUT2D eigenvalue weighted by Gasteiger charge is -2.04. The molecule has 0 aromatic carbocycles. The Morgan fingerprint density at radius 3 is 2.91 bits per heavy atom. The minimum atomic E-state index is -0.366. The standard InChI is InChI=1S/C7H4N2O2/c10-6-4-8-7(11)5-2-1-3-9(5)6/h1-4H. The van der Waals surface area contributed by atoms with Crippen LogP contribution in [0.15, 0.2) is 23.3 Å². The Morgan fingerprint density at radius 1 is 1.36 bits per heavy atom.